The lowest BCUT2D eigenvalue weighted by Gasteiger charge is -2.04. The van der Waals surface area contributed by atoms with Gasteiger partial charge in [-0.1, -0.05) is 17.8 Å². The number of amides is 2. The summed E-state index contributed by atoms with van der Waals surface area (Å²) in [6, 6.07) is 5.35. The molecule has 0 bridgehead atoms. The van der Waals surface area contributed by atoms with Crippen molar-refractivity contribution in [1.29, 1.82) is 0 Å². The Balaban J connectivity index is 1.63. The van der Waals surface area contributed by atoms with Crippen molar-refractivity contribution < 1.29 is 9.59 Å². The number of nitrogens with zero attached hydrogens (tertiary/aromatic N) is 3. The van der Waals surface area contributed by atoms with Gasteiger partial charge in [0.25, 0.3) is 5.91 Å². The van der Waals surface area contributed by atoms with Gasteiger partial charge >= 0.3 is 0 Å². The van der Waals surface area contributed by atoms with Crippen LogP contribution >= 0.6 is 34.4 Å². The quantitative estimate of drug-likeness (QED) is 0.440. The molecule has 0 aliphatic carbocycles. The van der Waals surface area contributed by atoms with Gasteiger partial charge in [-0.15, -0.1) is 32.9 Å². The number of nitrogen functional groups attached to an aromatic ring is 1. The van der Waals surface area contributed by atoms with Crippen molar-refractivity contribution in [3.05, 3.63) is 34.5 Å². The van der Waals surface area contributed by atoms with Crippen molar-refractivity contribution in [3.63, 3.8) is 0 Å². The number of rotatable bonds is 6. The third-order valence-corrected chi connectivity index (χ3v) is 5.56. The summed E-state index contributed by atoms with van der Waals surface area (Å²) in [5.74, 6) is 5.72. The van der Waals surface area contributed by atoms with Crippen LogP contribution in [0.25, 0.3) is 10.7 Å². The van der Waals surface area contributed by atoms with E-state index < -0.39 is 5.91 Å². The third kappa shape index (κ3) is 3.42. The molecule has 2 amide bonds. The predicted octanol–water partition coefficient (Wildman–Crippen LogP) is 1.61. The Kier molecular flexibility index (Phi) is 4.83. The molecule has 0 saturated carbocycles. The number of carbonyl (C=O) groups excluding carboxylic acids is 2. The minimum absolute atomic E-state index is 0.0792. The van der Waals surface area contributed by atoms with Crippen LogP contribution in [0.1, 0.15) is 10.4 Å². The van der Waals surface area contributed by atoms with E-state index in [1.54, 1.807) is 11.4 Å². The molecule has 24 heavy (non-hydrogen) atoms. The van der Waals surface area contributed by atoms with Gasteiger partial charge in [-0.3, -0.25) is 9.59 Å². The molecule has 0 radical (unpaired) electrons. The summed E-state index contributed by atoms with van der Waals surface area (Å²) >= 11 is 3.89. The molecule has 5 N–H and O–H groups in total. The van der Waals surface area contributed by atoms with Crippen LogP contribution < -0.4 is 16.9 Å². The zero-order valence-electron chi connectivity index (χ0n) is 12.1. The molecule has 0 unspecified atom stereocenters. The number of primary amides is 1. The number of aromatic nitrogens is 3. The van der Waals surface area contributed by atoms with Crippen molar-refractivity contribution >= 4 is 51.3 Å². The second kappa shape index (κ2) is 7.03. The van der Waals surface area contributed by atoms with Crippen LogP contribution in [0.5, 0.6) is 0 Å². The number of nitrogens with one attached hydrogen (secondary N) is 1. The van der Waals surface area contributed by atoms with Gasteiger partial charge in [0, 0.05) is 0 Å². The SMILES string of the molecule is NC(=O)c1ccsc1NC(=O)CSc1nnc(-c2cccs2)n1N. The molecule has 0 aromatic carbocycles. The summed E-state index contributed by atoms with van der Waals surface area (Å²) in [6.07, 6.45) is 0. The van der Waals surface area contributed by atoms with E-state index in [1.807, 2.05) is 17.5 Å². The van der Waals surface area contributed by atoms with Gasteiger partial charge in [0.15, 0.2) is 5.82 Å². The Bertz CT molecular complexity index is 870. The van der Waals surface area contributed by atoms with Gasteiger partial charge in [0.2, 0.25) is 11.1 Å². The zero-order valence-corrected chi connectivity index (χ0v) is 14.6. The zero-order chi connectivity index (χ0) is 17.1. The lowest BCUT2D eigenvalue weighted by molar-refractivity contribution is -0.113. The fourth-order valence-electron chi connectivity index (χ4n) is 1.84. The lowest BCUT2D eigenvalue weighted by Crippen LogP contribution is -2.18. The number of anilines is 1. The van der Waals surface area contributed by atoms with Gasteiger partial charge in [-0.25, -0.2) is 4.68 Å². The predicted molar refractivity (Wildman–Crippen MR) is 95.7 cm³/mol. The maximum atomic E-state index is 12.0. The normalized spacial score (nSPS) is 10.7. The molecule has 0 aliphatic heterocycles. The van der Waals surface area contributed by atoms with Gasteiger partial charge in [0.1, 0.15) is 5.00 Å². The summed E-state index contributed by atoms with van der Waals surface area (Å²) in [5.41, 5.74) is 5.53. The Morgan fingerprint density at radius 3 is 2.79 bits per heavy atom. The standard InChI is InChI=1S/C13H12N6O2S3/c14-10(21)7-3-5-23-12(7)16-9(20)6-24-13-18-17-11(19(13)15)8-2-1-4-22-8/h1-5H,6,15H2,(H2,14,21)(H,16,20). The van der Waals surface area contributed by atoms with E-state index in [1.165, 1.54) is 27.3 Å². The number of thioether (sulfide) groups is 1. The number of hydrogen-bond acceptors (Lipinski definition) is 8. The van der Waals surface area contributed by atoms with Crippen molar-refractivity contribution in [1.82, 2.24) is 14.9 Å². The topological polar surface area (TPSA) is 129 Å². The Morgan fingerprint density at radius 2 is 2.08 bits per heavy atom. The molecular formula is C13H12N6O2S3. The first-order chi connectivity index (χ1) is 11.6. The van der Waals surface area contributed by atoms with Crippen LogP contribution in [0.4, 0.5) is 5.00 Å². The van der Waals surface area contributed by atoms with E-state index in [9.17, 15) is 9.59 Å². The summed E-state index contributed by atoms with van der Waals surface area (Å²) in [5, 5.41) is 15.1. The average Bonchev–Trinajstić information content (AvgIpc) is 3.25. The molecule has 3 aromatic rings. The van der Waals surface area contributed by atoms with Crippen molar-refractivity contribution in [2.75, 3.05) is 16.9 Å². The maximum Gasteiger partial charge on any atom is 0.251 e. The molecule has 3 aromatic heterocycles. The Hall–Kier alpha value is -2.37. The van der Waals surface area contributed by atoms with E-state index in [2.05, 4.69) is 15.5 Å². The van der Waals surface area contributed by atoms with Crippen LogP contribution in [0.15, 0.2) is 34.1 Å². The van der Waals surface area contributed by atoms with E-state index >= 15 is 0 Å². The monoisotopic (exact) mass is 380 g/mol. The van der Waals surface area contributed by atoms with Gasteiger partial charge in [-0.2, -0.15) is 0 Å². The highest BCUT2D eigenvalue weighted by Gasteiger charge is 2.16. The van der Waals surface area contributed by atoms with Crippen LogP contribution in [-0.2, 0) is 4.79 Å². The molecule has 3 rings (SSSR count). The number of nitrogens with two attached hydrogens (primary N) is 2. The van der Waals surface area contributed by atoms with Crippen molar-refractivity contribution in [2.24, 2.45) is 5.73 Å². The fraction of sp³-hybridized carbons (Fsp3) is 0.0769. The average molecular weight is 380 g/mol. The number of thiophene rings is 2. The van der Waals surface area contributed by atoms with Gasteiger partial charge in [0.05, 0.1) is 16.2 Å². The first kappa shape index (κ1) is 16.5. The lowest BCUT2D eigenvalue weighted by atomic mass is 10.3. The summed E-state index contributed by atoms with van der Waals surface area (Å²) < 4.78 is 1.35. The second-order valence-electron chi connectivity index (χ2n) is 4.52. The highest BCUT2D eigenvalue weighted by atomic mass is 32.2. The molecule has 11 heteroatoms. The first-order valence-electron chi connectivity index (χ1n) is 6.60. The third-order valence-electron chi connectivity index (χ3n) is 2.92. The van der Waals surface area contributed by atoms with Crippen LogP contribution in [-0.4, -0.2) is 32.4 Å². The van der Waals surface area contributed by atoms with E-state index in [4.69, 9.17) is 11.6 Å². The van der Waals surface area contributed by atoms with Crippen LogP contribution in [0, 0.1) is 0 Å². The molecule has 0 aliphatic rings. The largest absolute Gasteiger partial charge is 0.366 e. The molecular weight excluding hydrogens is 368 g/mol. The number of carbonyl (C=O) groups is 2. The second-order valence-corrected chi connectivity index (χ2v) is 7.32. The summed E-state index contributed by atoms with van der Waals surface area (Å²) in [7, 11) is 0. The Labute approximate surface area is 148 Å². The van der Waals surface area contributed by atoms with Crippen molar-refractivity contribution in [2.45, 2.75) is 5.16 Å². The van der Waals surface area contributed by atoms with Crippen LogP contribution in [0.2, 0.25) is 0 Å². The molecule has 0 atom stereocenters. The minimum atomic E-state index is -0.582. The fourth-order valence-corrected chi connectivity index (χ4v) is 4.01. The first-order valence-corrected chi connectivity index (χ1v) is 9.35. The molecule has 0 fully saturated rings. The van der Waals surface area contributed by atoms with Crippen LogP contribution in [0.3, 0.4) is 0 Å². The molecule has 3 heterocycles. The molecule has 0 saturated heterocycles. The molecule has 124 valence electrons. The van der Waals surface area contributed by atoms with E-state index in [0.29, 0.717) is 21.5 Å². The highest BCUT2D eigenvalue weighted by Crippen LogP contribution is 2.26. The smallest absolute Gasteiger partial charge is 0.251 e. The summed E-state index contributed by atoms with van der Waals surface area (Å²) in [6.45, 7) is 0. The van der Waals surface area contributed by atoms with E-state index in [0.717, 1.165) is 16.6 Å². The summed E-state index contributed by atoms with van der Waals surface area (Å²) in [4.78, 5) is 24.2. The maximum absolute atomic E-state index is 12.0. The number of hydrogen-bond donors (Lipinski definition) is 3. The Morgan fingerprint density at radius 1 is 1.25 bits per heavy atom. The van der Waals surface area contributed by atoms with Gasteiger partial charge in [-0.05, 0) is 22.9 Å². The van der Waals surface area contributed by atoms with Crippen molar-refractivity contribution in [3.8, 4) is 10.7 Å². The van der Waals surface area contributed by atoms with E-state index in [-0.39, 0.29) is 11.7 Å². The molecule has 8 nitrogen and oxygen atoms in total. The van der Waals surface area contributed by atoms with Gasteiger partial charge < -0.3 is 16.9 Å². The minimum Gasteiger partial charge on any atom is -0.366 e. The molecule has 0 spiro atoms. The highest BCUT2D eigenvalue weighted by molar-refractivity contribution is 7.99.